The Hall–Kier alpha value is -1.34. The molecular weight excluding hydrogens is 308 g/mol. The van der Waals surface area contributed by atoms with Gasteiger partial charge < -0.3 is 4.42 Å². The molecule has 0 aliphatic carbocycles. The van der Waals surface area contributed by atoms with E-state index in [-0.39, 0.29) is 5.69 Å². The predicted molar refractivity (Wildman–Crippen MR) is 66.2 cm³/mol. The van der Waals surface area contributed by atoms with Crippen LogP contribution in [0.3, 0.4) is 0 Å². The van der Waals surface area contributed by atoms with Crippen LogP contribution in [0.1, 0.15) is 5.76 Å². The third kappa shape index (κ3) is 2.67. The zero-order chi connectivity index (χ0) is 12.4. The van der Waals surface area contributed by atoms with Gasteiger partial charge in [-0.2, -0.15) is 0 Å². The van der Waals surface area contributed by atoms with Crippen LogP contribution >= 0.6 is 27.7 Å². The van der Waals surface area contributed by atoms with Crippen molar-refractivity contribution in [3.05, 3.63) is 44.9 Å². The van der Waals surface area contributed by atoms with E-state index in [2.05, 4.69) is 20.9 Å². The topological polar surface area (TPSA) is 69.2 Å². The molecule has 0 aromatic carbocycles. The van der Waals surface area contributed by atoms with Gasteiger partial charge in [0.25, 0.3) is 0 Å². The minimum atomic E-state index is -0.449. The minimum absolute atomic E-state index is 0.0232. The highest BCUT2D eigenvalue weighted by atomic mass is 79.9. The van der Waals surface area contributed by atoms with E-state index < -0.39 is 4.92 Å². The lowest BCUT2D eigenvalue weighted by molar-refractivity contribution is -0.388. The van der Waals surface area contributed by atoms with Crippen molar-refractivity contribution >= 4 is 33.4 Å². The third-order valence-electron chi connectivity index (χ3n) is 2.01. The van der Waals surface area contributed by atoms with Gasteiger partial charge in [-0.1, -0.05) is 11.8 Å². The van der Waals surface area contributed by atoms with Gasteiger partial charge in [-0.3, -0.25) is 10.1 Å². The fraction of sp³-hybridized carbons (Fsp3) is 0.100. The zero-order valence-electron chi connectivity index (χ0n) is 8.71. The molecule has 2 heterocycles. The summed E-state index contributed by atoms with van der Waals surface area (Å²) in [6.45, 7) is 1.80. The summed E-state index contributed by atoms with van der Waals surface area (Å²) in [6, 6.07) is 3.19. The van der Waals surface area contributed by atoms with Crippen LogP contribution in [0.5, 0.6) is 0 Å². The lowest BCUT2D eigenvalue weighted by atomic mass is 10.4. The van der Waals surface area contributed by atoms with Gasteiger partial charge in [0.2, 0.25) is 0 Å². The summed E-state index contributed by atoms with van der Waals surface area (Å²) < 4.78 is 5.71. The largest absolute Gasteiger partial charge is 0.468 e. The normalized spacial score (nSPS) is 10.5. The number of halogens is 1. The first-order valence-electron chi connectivity index (χ1n) is 4.60. The Labute approximate surface area is 110 Å². The average molecular weight is 315 g/mol. The number of nitro groups is 1. The summed E-state index contributed by atoms with van der Waals surface area (Å²) in [4.78, 5) is 15.3. The first-order chi connectivity index (χ1) is 8.08. The van der Waals surface area contributed by atoms with E-state index in [4.69, 9.17) is 4.42 Å². The van der Waals surface area contributed by atoms with E-state index in [0.717, 1.165) is 4.90 Å². The van der Waals surface area contributed by atoms with Crippen LogP contribution in [0.25, 0.3) is 0 Å². The maximum Gasteiger partial charge on any atom is 0.302 e. The van der Waals surface area contributed by atoms with Gasteiger partial charge in [-0.25, -0.2) is 4.98 Å². The molecule has 0 bridgehead atoms. The molecule has 0 fully saturated rings. The minimum Gasteiger partial charge on any atom is -0.468 e. The van der Waals surface area contributed by atoms with Crippen LogP contribution in [0.2, 0.25) is 0 Å². The number of pyridine rings is 1. The second-order valence-corrected chi connectivity index (χ2v) is 5.12. The predicted octanol–water partition coefficient (Wildman–Crippen LogP) is 3.80. The van der Waals surface area contributed by atoms with E-state index in [9.17, 15) is 10.1 Å². The third-order valence-corrected chi connectivity index (χ3v) is 3.60. The summed E-state index contributed by atoms with van der Waals surface area (Å²) in [5, 5.41) is 11.2. The Morgan fingerprint density at radius 2 is 2.35 bits per heavy atom. The first kappa shape index (κ1) is 12.1. The van der Waals surface area contributed by atoms with Gasteiger partial charge in [0, 0.05) is 16.7 Å². The molecule has 0 amide bonds. The van der Waals surface area contributed by atoms with E-state index in [1.807, 2.05) is 0 Å². The Bertz CT molecular complexity index is 570. The Morgan fingerprint density at radius 1 is 1.59 bits per heavy atom. The maximum absolute atomic E-state index is 10.9. The number of hydrogen-bond acceptors (Lipinski definition) is 5. The van der Waals surface area contributed by atoms with Crippen LogP contribution in [0.15, 0.2) is 43.4 Å². The van der Waals surface area contributed by atoms with E-state index in [1.165, 1.54) is 24.0 Å². The van der Waals surface area contributed by atoms with Gasteiger partial charge in [0.15, 0.2) is 5.03 Å². The quantitative estimate of drug-likeness (QED) is 0.636. The van der Waals surface area contributed by atoms with Crippen molar-refractivity contribution in [1.82, 2.24) is 4.98 Å². The van der Waals surface area contributed by atoms with Crippen LogP contribution in [-0.2, 0) is 0 Å². The molecule has 0 saturated heterocycles. The molecular formula is C10H7BrN2O3S. The monoisotopic (exact) mass is 314 g/mol. The van der Waals surface area contributed by atoms with Crippen molar-refractivity contribution in [3.63, 3.8) is 0 Å². The highest BCUT2D eigenvalue weighted by Gasteiger charge is 2.18. The van der Waals surface area contributed by atoms with Crippen LogP contribution in [0, 0.1) is 17.0 Å². The highest BCUT2D eigenvalue weighted by Crippen LogP contribution is 2.36. The Kier molecular flexibility index (Phi) is 3.49. The van der Waals surface area contributed by atoms with Crippen molar-refractivity contribution in [2.45, 2.75) is 16.8 Å². The molecule has 2 aromatic heterocycles. The molecule has 7 heteroatoms. The average Bonchev–Trinajstić information content (AvgIpc) is 2.67. The van der Waals surface area contributed by atoms with Gasteiger partial charge in [-0.05, 0) is 28.9 Å². The summed E-state index contributed by atoms with van der Waals surface area (Å²) in [5.41, 5.74) is -0.0232. The molecule has 0 atom stereocenters. The van der Waals surface area contributed by atoms with E-state index in [1.54, 1.807) is 19.3 Å². The molecule has 0 radical (unpaired) electrons. The van der Waals surface area contributed by atoms with Gasteiger partial charge in [0.1, 0.15) is 5.76 Å². The molecule has 17 heavy (non-hydrogen) atoms. The molecule has 0 unspecified atom stereocenters. The molecule has 88 valence electrons. The van der Waals surface area contributed by atoms with Gasteiger partial charge in [0.05, 0.1) is 16.1 Å². The van der Waals surface area contributed by atoms with Crippen LogP contribution in [-0.4, -0.2) is 9.91 Å². The SMILES string of the molecule is Cc1occc1Sc1ncc(Br)cc1[N+](=O)[O-]. The number of nitrogens with zero attached hydrogens (tertiary/aromatic N) is 2. The molecule has 0 aliphatic heterocycles. The number of aromatic nitrogens is 1. The summed E-state index contributed by atoms with van der Waals surface area (Å²) in [6.07, 6.45) is 3.08. The lowest BCUT2D eigenvalue weighted by Gasteiger charge is -2.01. The van der Waals surface area contributed by atoms with Crippen molar-refractivity contribution in [1.29, 1.82) is 0 Å². The Balaban J connectivity index is 2.39. The van der Waals surface area contributed by atoms with E-state index >= 15 is 0 Å². The van der Waals surface area contributed by atoms with Crippen molar-refractivity contribution in [2.24, 2.45) is 0 Å². The number of hydrogen-bond donors (Lipinski definition) is 0. The standard InChI is InChI=1S/C10H7BrN2O3S/c1-6-9(2-3-16-6)17-10-8(13(14)15)4-7(11)5-12-10/h2-5H,1H3. The van der Waals surface area contributed by atoms with Crippen LogP contribution in [0.4, 0.5) is 5.69 Å². The number of rotatable bonds is 3. The summed E-state index contributed by atoms with van der Waals surface area (Å²) in [7, 11) is 0. The highest BCUT2D eigenvalue weighted by molar-refractivity contribution is 9.10. The number of furan rings is 1. The summed E-state index contributed by atoms with van der Waals surface area (Å²) in [5.74, 6) is 0.717. The molecule has 5 nitrogen and oxygen atoms in total. The fourth-order valence-corrected chi connectivity index (χ4v) is 2.40. The molecule has 0 aliphatic rings. The first-order valence-corrected chi connectivity index (χ1v) is 6.21. The second-order valence-electron chi connectivity index (χ2n) is 3.18. The van der Waals surface area contributed by atoms with Crippen LogP contribution < -0.4 is 0 Å². The molecule has 2 rings (SSSR count). The Morgan fingerprint density at radius 3 is 2.94 bits per heavy atom. The van der Waals surface area contributed by atoms with Gasteiger partial charge in [-0.15, -0.1) is 0 Å². The maximum atomic E-state index is 10.9. The molecule has 0 saturated carbocycles. The second kappa shape index (κ2) is 4.89. The number of aryl methyl sites for hydroxylation is 1. The van der Waals surface area contributed by atoms with Crippen molar-refractivity contribution in [2.75, 3.05) is 0 Å². The molecule has 0 N–H and O–H groups in total. The van der Waals surface area contributed by atoms with Gasteiger partial charge >= 0.3 is 5.69 Å². The molecule has 2 aromatic rings. The summed E-state index contributed by atoms with van der Waals surface area (Å²) >= 11 is 4.38. The molecule has 0 spiro atoms. The van der Waals surface area contributed by atoms with E-state index in [0.29, 0.717) is 15.3 Å². The van der Waals surface area contributed by atoms with Crippen molar-refractivity contribution in [3.8, 4) is 0 Å². The smallest absolute Gasteiger partial charge is 0.302 e. The zero-order valence-corrected chi connectivity index (χ0v) is 11.1. The fourth-order valence-electron chi connectivity index (χ4n) is 1.21. The lowest BCUT2D eigenvalue weighted by Crippen LogP contribution is -1.93. The van der Waals surface area contributed by atoms with Crippen molar-refractivity contribution < 1.29 is 9.34 Å².